The monoisotopic (exact) mass is 399 g/mol. The van der Waals surface area contributed by atoms with Gasteiger partial charge in [-0.15, -0.1) is 5.10 Å². The summed E-state index contributed by atoms with van der Waals surface area (Å²) >= 11 is 0. The number of amides is 2. The van der Waals surface area contributed by atoms with Crippen LogP contribution in [0.15, 0.2) is 18.9 Å². The van der Waals surface area contributed by atoms with Crippen LogP contribution in [-0.4, -0.2) is 86.6 Å². The van der Waals surface area contributed by atoms with Crippen LogP contribution in [0.25, 0.3) is 0 Å². The van der Waals surface area contributed by atoms with E-state index in [0.717, 1.165) is 5.69 Å². The molecule has 0 saturated heterocycles. The lowest BCUT2D eigenvalue weighted by molar-refractivity contribution is -0.116. The van der Waals surface area contributed by atoms with Crippen LogP contribution in [0.3, 0.4) is 0 Å². The molecule has 0 spiro atoms. The molecule has 0 aromatic carbocycles. The van der Waals surface area contributed by atoms with Crippen molar-refractivity contribution in [1.82, 2.24) is 25.6 Å². The summed E-state index contributed by atoms with van der Waals surface area (Å²) in [7, 11) is 0. The Morgan fingerprint density at radius 2 is 1.71 bits per heavy atom. The van der Waals surface area contributed by atoms with Gasteiger partial charge in [-0.2, -0.15) is 0 Å². The maximum absolute atomic E-state index is 10.9. The molecule has 158 valence electrons. The third-order valence-electron chi connectivity index (χ3n) is 3.25. The fraction of sp³-hybridized carbons (Fsp3) is 0.647. The minimum Gasteiger partial charge on any atom is -0.377 e. The van der Waals surface area contributed by atoms with Crippen LogP contribution in [-0.2, 0) is 41.7 Å². The second-order valence-corrected chi connectivity index (χ2v) is 5.43. The summed E-state index contributed by atoms with van der Waals surface area (Å²) in [6, 6.07) is 0. The summed E-state index contributed by atoms with van der Waals surface area (Å²) in [4.78, 5) is 20.9. The Bertz CT molecular complexity index is 554. The molecular weight excluding hydrogens is 370 g/mol. The van der Waals surface area contributed by atoms with E-state index in [0.29, 0.717) is 78.9 Å². The highest BCUT2D eigenvalue weighted by Crippen LogP contribution is 1.96. The third kappa shape index (κ3) is 12.9. The van der Waals surface area contributed by atoms with Crippen LogP contribution < -0.4 is 10.6 Å². The molecule has 1 aromatic heterocycles. The van der Waals surface area contributed by atoms with Gasteiger partial charge in [0.2, 0.25) is 12.3 Å². The quantitative estimate of drug-likeness (QED) is 0.170. The molecule has 2 amide bonds. The predicted octanol–water partition coefficient (Wildman–Crippen LogP) is -1.11. The highest BCUT2D eigenvalue weighted by Gasteiger charge is 2.01. The first kappa shape index (κ1) is 23.7. The Kier molecular flexibility index (Phi) is 14.2. The van der Waals surface area contributed by atoms with Crippen molar-refractivity contribution in [3.8, 4) is 0 Å². The van der Waals surface area contributed by atoms with Crippen LogP contribution >= 0.6 is 0 Å². The molecule has 1 aromatic rings. The van der Waals surface area contributed by atoms with Gasteiger partial charge in [-0.1, -0.05) is 11.8 Å². The fourth-order valence-electron chi connectivity index (χ4n) is 1.90. The minimum absolute atomic E-state index is 0.217. The SMILES string of the molecule is C=CC(=O)NCCOCCOCc1cn(CCOCCOCCNC=O)nn1. The van der Waals surface area contributed by atoms with Crippen molar-refractivity contribution in [1.29, 1.82) is 0 Å². The van der Waals surface area contributed by atoms with Crippen LogP contribution in [0.4, 0.5) is 0 Å². The normalized spacial score (nSPS) is 10.6. The zero-order valence-corrected chi connectivity index (χ0v) is 16.0. The number of ether oxygens (including phenoxy) is 4. The molecule has 11 nitrogen and oxygen atoms in total. The Morgan fingerprint density at radius 1 is 1.04 bits per heavy atom. The number of nitrogens with one attached hydrogen (secondary N) is 2. The van der Waals surface area contributed by atoms with Gasteiger partial charge in [0.1, 0.15) is 5.69 Å². The molecule has 0 atom stereocenters. The van der Waals surface area contributed by atoms with E-state index in [1.165, 1.54) is 6.08 Å². The van der Waals surface area contributed by atoms with Gasteiger partial charge in [-0.3, -0.25) is 9.59 Å². The Morgan fingerprint density at radius 3 is 2.43 bits per heavy atom. The maximum atomic E-state index is 10.9. The lowest BCUT2D eigenvalue weighted by Gasteiger charge is -2.05. The van der Waals surface area contributed by atoms with Gasteiger partial charge in [-0.05, 0) is 6.08 Å². The molecule has 11 heteroatoms. The molecule has 0 unspecified atom stereocenters. The predicted molar refractivity (Wildman–Crippen MR) is 99.4 cm³/mol. The molecular formula is C17H29N5O6. The zero-order chi connectivity index (χ0) is 20.3. The molecule has 0 aliphatic rings. The summed E-state index contributed by atoms with van der Waals surface area (Å²) in [6.07, 6.45) is 3.66. The number of rotatable bonds is 19. The highest BCUT2D eigenvalue weighted by atomic mass is 16.5. The van der Waals surface area contributed by atoms with Gasteiger partial charge in [0, 0.05) is 13.1 Å². The van der Waals surface area contributed by atoms with Crippen LogP contribution in [0.2, 0.25) is 0 Å². The lowest BCUT2D eigenvalue weighted by atomic mass is 10.5. The van der Waals surface area contributed by atoms with Crippen molar-refractivity contribution in [2.75, 3.05) is 59.3 Å². The summed E-state index contributed by atoms with van der Waals surface area (Å²) < 4.78 is 23.2. The van der Waals surface area contributed by atoms with Crippen molar-refractivity contribution in [2.24, 2.45) is 0 Å². The fourth-order valence-corrected chi connectivity index (χ4v) is 1.90. The number of hydrogen-bond donors (Lipinski definition) is 2. The third-order valence-corrected chi connectivity index (χ3v) is 3.25. The number of aromatic nitrogens is 3. The molecule has 0 bridgehead atoms. The van der Waals surface area contributed by atoms with Crippen LogP contribution in [0, 0.1) is 0 Å². The van der Waals surface area contributed by atoms with Crippen molar-refractivity contribution in [3.63, 3.8) is 0 Å². The summed E-state index contributed by atoms with van der Waals surface area (Å²) in [5, 5.41) is 13.2. The Balaban J connectivity index is 1.93. The highest BCUT2D eigenvalue weighted by molar-refractivity contribution is 5.86. The first-order valence-electron chi connectivity index (χ1n) is 9.03. The number of nitrogens with zero attached hydrogens (tertiary/aromatic N) is 3. The number of carbonyl (C=O) groups is 2. The van der Waals surface area contributed by atoms with E-state index in [1.807, 2.05) is 0 Å². The molecule has 1 rings (SSSR count). The standard InChI is InChI=1S/C17H29N5O6/c1-2-17(24)19-4-7-26-11-12-28-14-16-13-22(21-20-16)5-8-27-10-9-25-6-3-18-15-23/h2,13,15H,1,3-12,14H2,(H,18,23)(H,19,24). The van der Waals surface area contributed by atoms with E-state index < -0.39 is 0 Å². The van der Waals surface area contributed by atoms with E-state index in [4.69, 9.17) is 18.9 Å². The molecule has 0 aliphatic heterocycles. The van der Waals surface area contributed by atoms with E-state index in [-0.39, 0.29) is 5.91 Å². The molecule has 28 heavy (non-hydrogen) atoms. The average Bonchev–Trinajstić information content (AvgIpc) is 3.16. The maximum Gasteiger partial charge on any atom is 0.243 e. The van der Waals surface area contributed by atoms with Crippen molar-refractivity contribution < 1.29 is 28.5 Å². The van der Waals surface area contributed by atoms with Gasteiger partial charge >= 0.3 is 0 Å². The smallest absolute Gasteiger partial charge is 0.243 e. The first-order chi connectivity index (χ1) is 13.8. The summed E-state index contributed by atoms with van der Waals surface area (Å²) in [6.45, 7) is 8.40. The van der Waals surface area contributed by atoms with E-state index in [9.17, 15) is 9.59 Å². The summed E-state index contributed by atoms with van der Waals surface area (Å²) in [5.74, 6) is -0.217. The topological polar surface area (TPSA) is 126 Å². The molecule has 0 radical (unpaired) electrons. The van der Waals surface area contributed by atoms with E-state index in [1.54, 1.807) is 10.9 Å². The Hall–Kier alpha value is -2.34. The first-order valence-corrected chi connectivity index (χ1v) is 9.03. The number of hydrogen-bond acceptors (Lipinski definition) is 8. The van der Waals surface area contributed by atoms with Gasteiger partial charge in [0.05, 0.1) is 65.6 Å². The van der Waals surface area contributed by atoms with Crippen molar-refractivity contribution >= 4 is 12.3 Å². The Labute approximate surface area is 164 Å². The zero-order valence-electron chi connectivity index (χ0n) is 16.0. The van der Waals surface area contributed by atoms with Crippen molar-refractivity contribution in [2.45, 2.75) is 13.2 Å². The van der Waals surface area contributed by atoms with E-state index >= 15 is 0 Å². The second kappa shape index (κ2) is 16.8. The average molecular weight is 399 g/mol. The minimum atomic E-state index is -0.217. The van der Waals surface area contributed by atoms with Gasteiger partial charge in [0.25, 0.3) is 0 Å². The lowest BCUT2D eigenvalue weighted by Crippen LogP contribution is -2.25. The molecule has 0 aliphatic carbocycles. The molecule has 0 saturated carbocycles. The van der Waals surface area contributed by atoms with Crippen LogP contribution in [0.1, 0.15) is 5.69 Å². The second-order valence-electron chi connectivity index (χ2n) is 5.43. The van der Waals surface area contributed by atoms with E-state index in [2.05, 4.69) is 27.5 Å². The molecule has 1 heterocycles. The summed E-state index contributed by atoms with van der Waals surface area (Å²) in [5.41, 5.74) is 0.726. The van der Waals surface area contributed by atoms with Crippen molar-refractivity contribution in [3.05, 3.63) is 24.5 Å². The number of carbonyl (C=O) groups excluding carboxylic acids is 2. The van der Waals surface area contributed by atoms with Gasteiger partial charge in [0.15, 0.2) is 0 Å². The molecule has 0 fully saturated rings. The van der Waals surface area contributed by atoms with Crippen LogP contribution in [0.5, 0.6) is 0 Å². The van der Waals surface area contributed by atoms with Gasteiger partial charge < -0.3 is 29.6 Å². The largest absolute Gasteiger partial charge is 0.377 e. The molecule has 2 N–H and O–H groups in total. The van der Waals surface area contributed by atoms with Gasteiger partial charge in [-0.25, -0.2) is 4.68 Å².